The topological polar surface area (TPSA) is 71.2 Å². The van der Waals surface area contributed by atoms with E-state index in [0.29, 0.717) is 22.9 Å². The maximum absolute atomic E-state index is 12.7. The van der Waals surface area contributed by atoms with Gasteiger partial charge in [0.1, 0.15) is 5.75 Å². The molecule has 0 unspecified atom stereocenters. The van der Waals surface area contributed by atoms with E-state index < -0.39 is 0 Å². The molecule has 0 fully saturated rings. The minimum atomic E-state index is -0.247. The second kappa shape index (κ2) is 6.72. The summed E-state index contributed by atoms with van der Waals surface area (Å²) in [4.78, 5) is 14.2. The Hall–Kier alpha value is -2.86. The highest BCUT2D eigenvalue weighted by molar-refractivity contribution is 6.32. The predicted octanol–water partition coefficient (Wildman–Crippen LogP) is 2.90. The number of amides is 1. The van der Waals surface area contributed by atoms with Crippen molar-refractivity contribution in [2.75, 3.05) is 7.05 Å². The summed E-state index contributed by atoms with van der Waals surface area (Å²) < 4.78 is 1.42. The number of phenolic OH excluding ortho intramolecular Hbond substituents is 1. The zero-order chi connectivity index (χ0) is 17.1. The number of nitrogens with zero attached hydrogens (tertiary/aromatic N) is 4. The van der Waals surface area contributed by atoms with Crippen LogP contribution in [0.2, 0.25) is 5.02 Å². The van der Waals surface area contributed by atoms with Crippen molar-refractivity contribution in [2.24, 2.45) is 0 Å². The summed E-state index contributed by atoms with van der Waals surface area (Å²) in [7, 11) is 1.68. The summed E-state index contributed by atoms with van der Waals surface area (Å²) in [6.07, 6.45) is 1.41. The first-order valence-electron chi connectivity index (χ1n) is 7.25. The molecule has 0 saturated carbocycles. The summed E-state index contributed by atoms with van der Waals surface area (Å²) >= 11 is 6.18. The van der Waals surface area contributed by atoms with Gasteiger partial charge in [0.2, 0.25) is 0 Å². The van der Waals surface area contributed by atoms with Crippen LogP contribution in [0, 0.1) is 0 Å². The van der Waals surface area contributed by atoms with E-state index in [-0.39, 0.29) is 11.7 Å². The number of benzene rings is 2. The third-order valence-electron chi connectivity index (χ3n) is 3.53. The first-order chi connectivity index (χ1) is 11.6. The average molecular weight is 343 g/mol. The van der Waals surface area contributed by atoms with Gasteiger partial charge < -0.3 is 10.0 Å². The number of carbonyl (C=O) groups excluding carboxylic acids is 1. The fourth-order valence-corrected chi connectivity index (χ4v) is 2.59. The van der Waals surface area contributed by atoms with Crippen LogP contribution < -0.4 is 0 Å². The van der Waals surface area contributed by atoms with E-state index in [2.05, 4.69) is 10.3 Å². The van der Waals surface area contributed by atoms with Crippen molar-refractivity contribution in [3.63, 3.8) is 0 Å². The third kappa shape index (κ3) is 3.23. The van der Waals surface area contributed by atoms with Gasteiger partial charge in [-0.05, 0) is 29.8 Å². The molecule has 6 nitrogen and oxygen atoms in total. The van der Waals surface area contributed by atoms with Gasteiger partial charge in [-0.25, -0.2) is 4.68 Å². The first-order valence-corrected chi connectivity index (χ1v) is 7.63. The SMILES string of the molecule is CN(Cc1cccc(O)c1)C(=O)c1cnnn1-c1ccccc1Cl. The summed E-state index contributed by atoms with van der Waals surface area (Å²) in [6, 6.07) is 13.9. The molecule has 0 aliphatic carbocycles. The number of hydrogen-bond donors (Lipinski definition) is 1. The number of aromatic hydroxyl groups is 1. The van der Waals surface area contributed by atoms with E-state index in [0.717, 1.165) is 5.56 Å². The summed E-state index contributed by atoms with van der Waals surface area (Å²) in [5.41, 5.74) is 1.72. The molecule has 0 spiro atoms. The minimum absolute atomic E-state index is 0.163. The molecule has 0 aliphatic rings. The van der Waals surface area contributed by atoms with Gasteiger partial charge in [-0.2, -0.15) is 0 Å². The van der Waals surface area contributed by atoms with Crippen molar-refractivity contribution in [1.82, 2.24) is 19.9 Å². The van der Waals surface area contributed by atoms with Crippen LogP contribution in [0.5, 0.6) is 5.75 Å². The van der Waals surface area contributed by atoms with E-state index >= 15 is 0 Å². The van der Waals surface area contributed by atoms with E-state index in [9.17, 15) is 9.90 Å². The zero-order valence-corrected chi connectivity index (χ0v) is 13.7. The largest absolute Gasteiger partial charge is 0.508 e. The van der Waals surface area contributed by atoms with Crippen molar-refractivity contribution < 1.29 is 9.90 Å². The van der Waals surface area contributed by atoms with Crippen molar-refractivity contribution in [3.8, 4) is 11.4 Å². The zero-order valence-electron chi connectivity index (χ0n) is 12.9. The molecule has 1 aromatic heterocycles. The maximum atomic E-state index is 12.7. The molecule has 1 amide bonds. The molecule has 2 aromatic carbocycles. The lowest BCUT2D eigenvalue weighted by atomic mass is 10.2. The van der Waals surface area contributed by atoms with Crippen LogP contribution >= 0.6 is 11.6 Å². The van der Waals surface area contributed by atoms with Crippen LogP contribution in [0.1, 0.15) is 16.1 Å². The van der Waals surface area contributed by atoms with Crippen LogP contribution in [0.4, 0.5) is 0 Å². The van der Waals surface area contributed by atoms with Crippen molar-refractivity contribution in [1.29, 1.82) is 0 Å². The number of aromatic nitrogens is 3. The summed E-state index contributed by atoms with van der Waals surface area (Å²) in [5.74, 6) is -0.0839. The van der Waals surface area contributed by atoms with Crippen LogP contribution in [0.3, 0.4) is 0 Å². The normalized spacial score (nSPS) is 10.6. The van der Waals surface area contributed by atoms with Crippen LogP contribution in [0.25, 0.3) is 5.69 Å². The smallest absolute Gasteiger partial charge is 0.274 e. The average Bonchev–Trinajstić information content (AvgIpc) is 3.04. The highest BCUT2D eigenvalue weighted by Gasteiger charge is 2.20. The van der Waals surface area contributed by atoms with Crippen molar-refractivity contribution >= 4 is 17.5 Å². The molecular weight excluding hydrogens is 328 g/mol. The lowest BCUT2D eigenvalue weighted by Gasteiger charge is -2.18. The van der Waals surface area contributed by atoms with E-state index in [1.165, 1.54) is 15.8 Å². The molecule has 0 atom stereocenters. The van der Waals surface area contributed by atoms with Crippen LogP contribution in [-0.2, 0) is 6.54 Å². The van der Waals surface area contributed by atoms with Gasteiger partial charge >= 0.3 is 0 Å². The molecule has 1 heterocycles. The van der Waals surface area contributed by atoms with Crippen molar-refractivity contribution in [2.45, 2.75) is 6.54 Å². The molecule has 24 heavy (non-hydrogen) atoms. The second-order valence-electron chi connectivity index (χ2n) is 5.31. The van der Waals surface area contributed by atoms with E-state index in [1.54, 1.807) is 43.4 Å². The van der Waals surface area contributed by atoms with Crippen molar-refractivity contribution in [3.05, 3.63) is 71.0 Å². The van der Waals surface area contributed by atoms with E-state index in [1.807, 2.05) is 12.1 Å². The Balaban J connectivity index is 1.86. The Labute approximate surface area is 143 Å². The van der Waals surface area contributed by atoms with Gasteiger partial charge in [-0.3, -0.25) is 4.79 Å². The Bertz CT molecular complexity index is 878. The molecule has 122 valence electrons. The van der Waals surface area contributed by atoms with Crippen LogP contribution in [0.15, 0.2) is 54.7 Å². The number of halogens is 1. The number of hydrogen-bond acceptors (Lipinski definition) is 4. The van der Waals surface area contributed by atoms with Gasteiger partial charge in [0.25, 0.3) is 5.91 Å². The Kier molecular flexibility index (Phi) is 4.48. The molecule has 0 bridgehead atoms. The standard InChI is InChI=1S/C17H15ClN4O2/c1-21(11-12-5-4-6-13(23)9-12)17(24)16-10-19-20-22(16)15-8-3-2-7-14(15)18/h2-10,23H,11H2,1H3. The number of para-hydroxylation sites is 1. The van der Waals surface area contributed by atoms with Gasteiger partial charge in [0, 0.05) is 13.6 Å². The lowest BCUT2D eigenvalue weighted by molar-refractivity contribution is 0.0776. The number of carbonyl (C=O) groups is 1. The highest BCUT2D eigenvalue weighted by Crippen LogP contribution is 2.21. The molecule has 0 radical (unpaired) electrons. The third-order valence-corrected chi connectivity index (χ3v) is 3.85. The Morgan fingerprint density at radius 1 is 1.25 bits per heavy atom. The lowest BCUT2D eigenvalue weighted by Crippen LogP contribution is -2.28. The number of phenols is 1. The fraction of sp³-hybridized carbons (Fsp3) is 0.118. The molecule has 0 aliphatic heterocycles. The van der Waals surface area contributed by atoms with Crippen LogP contribution in [-0.4, -0.2) is 38.0 Å². The van der Waals surface area contributed by atoms with Gasteiger partial charge in [0.05, 0.1) is 16.9 Å². The van der Waals surface area contributed by atoms with Gasteiger partial charge in [0.15, 0.2) is 5.69 Å². The highest BCUT2D eigenvalue weighted by atomic mass is 35.5. The molecule has 1 N–H and O–H groups in total. The predicted molar refractivity (Wildman–Crippen MR) is 90.3 cm³/mol. The van der Waals surface area contributed by atoms with Gasteiger partial charge in [-0.15, -0.1) is 5.10 Å². The fourth-order valence-electron chi connectivity index (χ4n) is 2.38. The molecule has 7 heteroatoms. The molecule has 3 aromatic rings. The second-order valence-corrected chi connectivity index (χ2v) is 5.72. The monoisotopic (exact) mass is 342 g/mol. The quantitative estimate of drug-likeness (QED) is 0.791. The Morgan fingerprint density at radius 3 is 2.79 bits per heavy atom. The van der Waals surface area contributed by atoms with E-state index in [4.69, 9.17) is 11.6 Å². The molecule has 3 rings (SSSR count). The number of rotatable bonds is 4. The minimum Gasteiger partial charge on any atom is -0.508 e. The van der Waals surface area contributed by atoms with Gasteiger partial charge in [-0.1, -0.05) is 41.1 Å². The molecule has 0 saturated heterocycles. The Morgan fingerprint density at radius 2 is 2.04 bits per heavy atom. The first kappa shape index (κ1) is 16.0. The molecular formula is C17H15ClN4O2. The maximum Gasteiger partial charge on any atom is 0.274 e. The summed E-state index contributed by atoms with van der Waals surface area (Å²) in [6.45, 7) is 0.348. The summed E-state index contributed by atoms with van der Waals surface area (Å²) in [5, 5.41) is 17.8.